The average molecular weight is 304 g/mol. The predicted octanol–water partition coefficient (Wildman–Crippen LogP) is 4.46. The van der Waals surface area contributed by atoms with Gasteiger partial charge in [0.05, 0.1) is 6.04 Å². The second-order valence-corrected chi connectivity index (χ2v) is 5.38. The molecule has 0 aromatic heterocycles. The number of hydrogen-bond acceptors (Lipinski definition) is 1. The lowest BCUT2D eigenvalue weighted by Crippen LogP contribution is -2.22. The highest BCUT2D eigenvalue weighted by Crippen LogP contribution is 2.25. The lowest BCUT2D eigenvalue weighted by Gasteiger charge is -2.19. The van der Waals surface area contributed by atoms with Crippen molar-refractivity contribution in [2.24, 2.45) is 0 Å². The number of benzene rings is 2. The van der Waals surface area contributed by atoms with E-state index in [1.165, 1.54) is 16.7 Å². The van der Waals surface area contributed by atoms with E-state index in [-0.39, 0.29) is 6.04 Å². The molecule has 94 valence electrons. The van der Waals surface area contributed by atoms with Crippen molar-refractivity contribution in [1.82, 2.24) is 5.32 Å². The van der Waals surface area contributed by atoms with Crippen LogP contribution in [0, 0.1) is 6.92 Å². The summed E-state index contributed by atoms with van der Waals surface area (Å²) in [5.74, 6) is 0. The Morgan fingerprint density at radius 1 is 1.06 bits per heavy atom. The second-order valence-electron chi connectivity index (χ2n) is 4.46. The van der Waals surface area contributed by atoms with Crippen LogP contribution in [0.5, 0.6) is 0 Å². The number of hydrogen-bond donors (Lipinski definition) is 1. The Morgan fingerprint density at radius 3 is 2.33 bits per heavy atom. The van der Waals surface area contributed by atoms with Crippen LogP contribution in [-0.4, -0.2) is 6.54 Å². The molecule has 0 saturated heterocycles. The number of nitrogens with one attached hydrogen (secondary N) is 1. The first-order chi connectivity index (χ1) is 8.70. The normalized spacial score (nSPS) is 12.4. The summed E-state index contributed by atoms with van der Waals surface area (Å²) < 4.78 is 1.12. The van der Waals surface area contributed by atoms with Gasteiger partial charge in [-0.05, 0) is 36.7 Å². The zero-order valence-corrected chi connectivity index (χ0v) is 12.4. The molecule has 18 heavy (non-hydrogen) atoms. The minimum absolute atomic E-state index is 0.257. The second kappa shape index (κ2) is 6.17. The first-order valence-electron chi connectivity index (χ1n) is 6.26. The van der Waals surface area contributed by atoms with Crippen LogP contribution < -0.4 is 5.32 Å². The van der Waals surface area contributed by atoms with Crippen LogP contribution >= 0.6 is 15.9 Å². The van der Waals surface area contributed by atoms with Crippen molar-refractivity contribution in [2.75, 3.05) is 6.54 Å². The van der Waals surface area contributed by atoms with Crippen LogP contribution in [-0.2, 0) is 0 Å². The Labute approximate surface area is 117 Å². The van der Waals surface area contributed by atoms with E-state index in [9.17, 15) is 0 Å². The summed E-state index contributed by atoms with van der Waals surface area (Å²) in [5.41, 5.74) is 3.90. The van der Waals surface area contributed by atoms with Gasteiger partial charge >= 0.3 is 0 Å². The van der Waals surface area contributed by atoms with Crippen molar-refractivity contribution in [3.05, 3.63) is 69.7 Å². The monoisotopic (exact) mass is 303 g/mol. The van der Waals surface area contributed by atoms with Crippen molar-refractivity contribution < 1.29 is 0 Å². The minimum Gasteiger partial charge on any atom is -0.307 e. The van der Waals surface area contributed by atoms with E-state index in [1.807, 2.05) is 0 Å². The Bertz CT molecular complexity index is 477. The third kappa shape index (κ3) is 3.21. The standard InChI is InChI=1S/C16H18BrN/c1-3-18-16(13-7-4-6-12(2)10-13)14-8-5-9-15(17)11-14/h4-11,16,18H,3H2,1-2H3. The van der Waals surface area contributed by atoms with Crippen LogP contribution in [0.2, 0.25) is 0 Å². The number of halogens is 1. The van der Waals surface area contributed by atoms with Gasteiger partial charge in [0.2, 0.25) is 0 Å². The molecule has 0 aliphatic heterocycles. The Morgan fingerprint density at radius 2 is 1.72 bits per heavy atom. The first kappa shape index (κ1) is 13.3. The van der Waals surface area contributed by atoms with Gasteiger partial charge < -0.3 is 5.32 Å². The van der Waals surface area contributed by atoms with Gasteiger partial charge in [-0.15, -0.1) is 0 Å². The Kier molecular flexibility index (Phi) is 4.56. The van der Waals surface area contributed by atoms with Gasteiger partial charge in [-0.25, -0.2) is 0 Å². The molecule has 2 heteroatoms. The molecule has 0 fully saturated rings. The van der Waals surface area contributed by atoms with Gasteiger partial charge in [0.15, 0.2) is 0 Å². The van der Waals surface area contributed by atoms with E-state index in [2.05, 4.69) is 83.6 Å². The molecule has 1 N–H and O–H groups in total. The molecule has 0 heterocycles. The van der Waals surface area contributed by atoms with E-state index >= 15 is 0 Å². The van der Waals surface area contributed by atoms with Crippen LogP contribution in [0.1, 0.15) is 29.7 Å². The minimum atomic E-state index is 0.257. The third-order valence-corrected chi connectivity index (χ3v) is 3.46. The van der Waals surface area contributed by atoms with E-state index in [0.29, 0.717) is 0 Å². The van der Waals surface area contributed by atoms with E-state index < -0.39 is 0 Å². The Hall–Kier alpha value is -1.12. The van der Waals surface area contributed by atoms with Gasteiger partial charge in [0, 0.05) is 4.47 Å². The van der Waals surface area contributed by atoms with Gasteiger partial charge in [-0.2, -0.15) is 0 Å². The molecule has 2 aromatic rings. The van der Waals surface area contributed by atoms with Crippen LogP contribution in [0.4, 0.5) is 0 Å². The highest BCUT2D eigenvalue weighted by molar-refractivity contribution is 9.10. The predicted molar refractivity (Wildman–Crippen MR) is 80.8 cm³/mol. The molecule has 1 unspecified atom stereocenters. The van der Waals surface area contributed by atoms with E-state index in [1.54, 1.807) is 0 Å². The van der Waals surface area contributed by atoms with Crippen molar-refractivity contribution in [1.29, 1.82) is 0 Å². The Balaban J connectivity index is 2.39. The van der Waals surface area contributed by atoms with Crippen molar-refractivity contribution >= 4 is 15.9 Å². The molecule has 1 atom stereocenters. The van der Waals surface area contributed by atoms with Crippen molar-refractivity contribution in [2.45, 2.75) is 19.9 Å². The van der Waals surface area contributed by atoms with E-state index in [0.717, 1.165) is 11.0 Å². The molecule has 1 nitrogen and oxygen atoms in total. The molecular formula is C16H18BrN. The topological polar surface area (TPSA) is 12.0 Å². The molecule has 2 aromatic carbocycles. The summed E-state index contributed by atoms with van der Waals surface area (Å²) in [4.78, 5) is 0. The quantitative estimate of drug-likeness (QED) is 0.879. The summed E-state index contributed by atoms with van der Waals surface area (Å²) >= 11 is 3.54. The van der Waals surface area contributed by atoms with Crippen LogP contribution in [0.25, 0.3) is 0 Å². The van der Waals surface area contributed by atoms with Crippen LogP contribution in [0.3, 0.4) is 0 Å². The zero-order chi connectivity index (χ0) is 13.0. The number of rotatable bonds is 4. The van der Waals surface area contributed by atoms with Crippen LogP contribution in [0.15, 0.2) is 53.0 Å². The molecule has 0 radical (unpaired) electrons. The maximum atomic E-state index is 3.55. The summed E-state index contributed by atoms with van der Waals surface area (Å²) in [6.45, 7) is 5.22. The molecule has 0 aliphatic carbocycles. The SMILES string of the molecule is CCNC(c1cccc(C)c1)c1cccc(Br)c1. The lowest BCUT2D eigenvalue weighted by atomic mass is 9.97. The van der Waals surface area contributed by atoms with Gasteiger partial charge in [-0.1, -0.05) is 64.8 Å². The molecule has 0 aliphatic rings. The third-order valence-electron chi connectivity index (χ3n) is 2.97. The highest BCUT2D eigenvalue weighted by atomic mass is 79.9. The maximum Gasteiger partial charge on any atom is 0.0577 e. The average Bonchev–Trinajstić information content (AvgIpc) is 2.36. The lowest BCUT2D eigenvalue weighted by molar-refractivity contribution is 0.630. The number of aryl methyl sites for hydroxylation is 1. The summed E-state index contributed by atoms with van der Waals surface area (Å²) in [6, 6.07) is 17.4. The summed E-state index contributed by atoms with van der Waals surface area (Å²) in [5, 5.41) is 3.55. The molecule has 0 amide bonds. The van der Waals surface area contributed by atoms with Gasteiger partial charge in [0.1, 0.15) is 0 Å². The molecule has 2 rings (SSSR count). The maximum absolute atomic E-state index is 3.55. The molecular weight excluding hydrogens is 286 g/mol. The first-order valence-corrected chi connectivity index (χ1v) is 7.05. The highest BCUT2D eigenvalue weighted by Gasteiger charge is 2.12. The summed E-state index contributed by atoms with van der Waals surface area (Å²) in [7, 11) is 0. The fraction of sp³-hybridized carbons (Fsp3) is 0.250. The summed E-state index contributed by atoms with van der Waals surface area (Å²) in [6.07, 6.45) is 0. The van der Waals surface area contributed by atoms with Gasteiger partial charge in [-0.3, -0.25) is 0 Å². The zero-order valence-electron chi connectivity index (χ0n) is 10.8. The smallest absolute Gasteiger partial charge is 0.0577 e. The molecule has 0 spiro atoms. The largest absolute Gasteiger partial charge is 0.307 e. The molecule has 0 bridgehead atoms. The molecule has 0 saturated carbocycles. The van der Waals surface area contributed by atoms with Gasteiger partial charge in [0.25, 0.3) is 0 Å². The fourth-order valence-electron chi connectivity index (χ4n) is 2.17. The van der Waals surface area contributed by atoms with E-state index in [4.69, 9.17) is 0 Å². The van der Waals surface area contributed by atoms with Crippen molar-refractivity contribution in [3.8, 4) is 0 Å². The van der Waals surface area contributed by atoms with Crippen molar-refractivity contribution in [3.63, 3.8) is 0 Å². The fourth-order valence-corrected chi connectivity index (χ4v) is 2.59.